The average molecular weight is 240 g/mol. The fourth-order valence-corrected chi connectivity index (χ4v) is 3.01. The van der Waals surface area contributed by atoms with E-state index in [9.17, 15) is 0 Å². The van der Waals surface area contributed by atoms with Crippen LogP contribution in [0.3, 0.4) is 0 Å². The van der Waals surface area contributed by atoms with Crippen molar-refractivity contribution in [2.45, 2.75) is 20.8 Å². The van der Waals surface area contributed by atoms with Crippen molar-refractivity contribution in [3.63, 3.8) is 0 Å². The van der Waals surface area contributed by atoms with Gasteiger partial charge in [0.2, 0.25) is 0 Å². The molecule has 17 heavy (non-hydrogen) atoms. The molecule has 1 aromatic rings. The smallest absolute Gasteiger partial charge is 0.0473 e. The zero-order chi connectivity index (χ0) is 12.3. The molecular formula is C16H17P. The molecule has 1 atom stereocenters. The normalized spacial score (nSPS) is 14.4. The summed E-state index contributed by atoms with van der Waals surface area (Å²) < 4.78 is 0. The number of hydrogen-bond donors (Lipinski definition) is 0. The second kappa shape index (κ2) is 5.38. The fourth-order valence-electron chi connectivity index (χ4n) is 2.03. The van der Waals surface area contributed by atoms with Gasteiger partial charge in [-0.15, -0.1) is 14.4 Å². The Balaban J connectivity index is 2.22. The topological polar surface area (TPSA) is 0 Å². The minimum Gasteiger partial charge on any atom is -0.125 e. The van der Waals surface area contributed by atoms with Crippen LogP contribution >= 0.6 is 8.58 Å². The van der Waals surface area contributed by atoms with Crippen molar-refractivity contribution in [3.8, 4) is 0 Å². The summed E-state index contributed by atoms with van der Waals surface area (Å²) in [7, 11) is 0.626. The van der Waals surface area contributed by atoms with Crippen LogP contribution in [0.2, 0.25) is 0 Å². The van der Waals surface area contributed by atoms with E-state index >= 15 is 0 Å². The number of aryl methyl sites for hydroxylation is 3. The summed E-state index contributed by atoms with van der Waals surface area (Å²) in [4.78, 5) is 0. The standard InChI is InChI=1S/C16H17P/c1-12-9-13(2)16(14(3)10-12)17-11-15-7-5-4-6-8-15/h4-10,17H,1-3H3. The maximum Gasteiger partial charge on any atom is 0.0473 e. The summed E-state index contributed by atoms with van der Waals surface area (Å²) >= 11 is 0. The number of allylic oxidation sites excluding steroid dienone is 5. The Labute approximate surface area is 106 Å². The number of hydrogen-bond acceptors (Lipinski definition) is 0. The Hall–Kier alpha value is -1.26. The highest BCUT2D eigenvalue weighted by molar-refractivity contribution is 7.49. The first kappa shape index (κ1) is 12.2. The first-order valence-corrected chi connectivity index (χ1v) is 6.82. The molecule has 0 N–H and O–H groups in total. The molecule has 0 aromatic heterocycles. The zero-order valence-corrected chi connectivity index (χ0v) is 11.5. The van der Waals surface area contributed by atoms with E-state index in [2.05, 4.69) is 63.0 Å². The lowest BCUT2D eigenvalue weighted by molar-refractivity contribution is 1.36. The summed E-state index contributed by atoms with van der Waals surface area (Å²) in [6.45, 7) is 6.53. The minimum atomic E-state index is 0.626. The molecule has 1 unspecified atom stereocenters. The van der Waals surface area contributed by atoms with E-state index in [1.807, 2.05) is 6.42 Å². The largest absolute Gasteiger partial charge is 0.125 e. The molecule has 0 bridgehead atoms. The molecule has 1 aliphatic rings. The van der Waals surface area contributed by atoms with Gasteiger partial charge in [0.05, 0.1) is 0 Å². The molecule has 0 saturated carbocycles. The highest BCUT2D eigenvalue weighted by Crippen LogP contribution is 2.22. The van der Waals surface area contributed by atoms with Crippen molar-refractivity contribution in [3.05, 3.63) is 70.9 Å². The first-order valence-electron chi connectivity index (χ1n) is 5.82. The van der Waals surface area contributed by atoms with Crippen molar-refractivity contribution < 1.29 is 0 Å². The molecule has 0 radical (unpaired) electrons. The third-order valence-corrected chi connectivity index (χ3v) is 4.24. The summed E-state index contributed by atoms with van der Waals surface area (Å²) in [5, 5.41) is 1.43. The molecule has 0 aliphatic heterocycles. The summed E-state index contributed by atoms with van der Waals surface area (Å²) in [6.07, 6.45) is 10.4. The highest BCUT2D eigenvalue weighted by Gasteiger charge is 2.02. The summed E-state index contributed by atoms with van der Waals surface area (Å²) in [5.41, 5.74) is 5.28. The van der Waals surface area contributed by atoms with Crippen LogP contribution < -0.4 is 5.30 Å². The Morgan fingerprint density at radius 1 is 1.00 bits per heavy atom. The molecule has 0 nitrogen and oxygen atoms in total. The van der Waals surface area contributed by atoms with Gasteiger partial charge >= 0.3 is 0 Å². The first-order chi connectivity index (χ1) is 8.16. The van der Waals surface area contributed by atoms with E-state index in [-0.39, 0.29) is 0 Å². The van der Waals surface area contributed by atoms with Crippen LogP contribution in [-0.2, 0) is 0 Å². The van der Waals surface area contributed by atoms with Gasteiger partial charge in [-0.3, -0.25) is 0 Å². The molecule has 1 aromatic carbocycles. The van der Waals surface area contributed by atoms with Gasteiger partial charge in [-0.2, -0.15) is 0 Å². The maximum absolute atomic E-state index is 3.49. The minimum absolute atomic E-state index is 0.626. The van der Waals surface area contributed by atoms with E-state index in [0.29, 0.717) is 8.58 Å². The third-order valence-electron chi connectivity index (χ3n) is 2.78. The molecule has 0 amide bonds. The van der Waals surface area contributed by atoms with Crippen LogP contribution in [0.1, 0.15) is 16.7 Å². The SMILES string of the molecule is Cc1cc(C)c(P[C-]=C2C=C[CH+]C=C2)c(C)c1. The van der Waals surface area contributed by atoms with Gasteiger partial charge in [0.15, 0.2) is 0 Å². The Morgan fingerprint density at radius 2 is 1.59 bits per heavy atom. The van der Waals surface area contributed by atoms with Crippen LogP contribution in [0.15, 0.2) is 42.0 Å². The lowest BCUT2D eigenvalue weighted by Gasteiger charge is -2.10. The predicted octanol–water partition coefficient (Wildman–Crippen LogP) is 3.93. The summed E-state index contributed by atoms with van der Waals surface area (Å²) in [6, 6.07) is 4.50. The van der Waals surface area contributed by atoms with Crippen LogP contribution in [0.4, 0.5) is 0 Å². The molecule has 1 aliphatic carbocycles. The van der Waals surface area contributed by atoms with Crippen molar-refractivity contribution in [1.82, 2.24) is 0 Å². The molecule has 2 rings (SSSR count). The second-order valence-electron chi connectivity index (χ2n) is 4.39. The third kappa shape index (κ3) is 3.11. The highest BCUT2D eigenvalue weighted by atomic mass is 31.1. The van der Waals surface area contributed by atoms with E-state index in [4.69, 9.17) is 0 Å². The van der Waals surface area contributed by atoms with Crippen LogP contribution in [-0.4, -0.2) is 0 Å². The fraction of sp³-hybridized carbons (Fsp3) is 0.188. The van der Waals surface area contributed by atoms with Gasteiger partial charge < -0.3 is 0 Å². The quantitative estimate of drug-likeness (QED) is 0.542. The van der Waals surface area contributed by atoms with Crippen LogP contribution in [0, 0.1) is 33.0 Å². The Kier molecular flexibility index (Phi) is 3.86. The van der Waals surface area contributed by atoms with E-state index in [1.165, 1.54) is 27.6 Å². The predicted molar refractivity (Wildman–Crippen MR) is 77.9 cm³/mol. The van der Waals surface area contributed by atoms with Crippen LogP contribution in [0.25, 0.3) is 0 Å². The molecule has 0 heterocycles. The lowest BCUT2D eigenvalue weighted by Crippen LogP contribution is -2.05. The van der Waals surface area contributed by atoms with Gasteiger partial charge in [-0.25, -0.2) is 0 Å². The lowest BCUT2D eigenvalue weighted by atomic mass is 10.1. The molecule has 0 spiro atoms. The Morgan fingerprint density at radius 3 is 2.18 bits per heavy atom. The van der Waals surface area contributed by atoms with Gasteiger partial charge in [0, 0.05) is 36.3 Å². The monoisotopic (exact) mass is 240 g/mol. The average Bonchev–Trinajstić information content (AvgIpc) is 2.29. The molecular weight excluding hydrogens is 223 g/mol. The van der Waals surface area contributed by atoms with Crippen molar-refractivity contribution in [2.24, 2.45) is 0 Å². The Bertz CT molecular complexity index is 467. The van der Waals surface area contributed by atoms with Crippen molar-refractivity contribution in [1.29, 1.82) is 0 Å². The molecule has 0 saturated heterocycles. The van der Waals surface area contributed by atoms with Crippen molar-refractivity contribution in [2.75, 3.05) is 0 Å². The zero-order valence-electron chi connectivity index (χ0n) is 10.5. The van der Waals surface area contributed by atoms with Gasteiger partial charge in [-0.1, -0.05) is 17.7 Å². The van der Waals surface area contributed by atoms with Crippen molar-refractivity contribution >= 4 is 13.9 Å². The van der Waals surface area contributed by atoms with Crippen LogP contribution in [0.5, 0.6) is 0 Å². The molecule has 0 fully saturated rings. The molecule has 86 valence electrons. The van der Waals surface area contributed by atoms with E-state index < -0.39 is 0 Å². The van der Waals surface area contributed by atoms with E-state index in [1.54, 1.807) is 0 Å². The maximum atomic E-state index is 3.49. The van der Waals surface area contributed by atoms with Gasteiger partial charge in [0.1, 0.15) is 0 Å². The van der Waals surface area contributed by atoms with Gasteiger partial charge in [0.25, 0.3) is 0 Å². The van der Waals surface area contributed by atoms with E-state index in [0.717, 1.165) is 0 Å². The number of rotatable bonds is 2. The summed E-state index contributed by atoms with van der Waals surface area (Å²) in [5.74, 6) is 3.49. The molecule has 1 heteroatoms. The second-order valence-corrected chi connectivity index (χ2v) is 5.39. The van der Waals surface area contributed by atoms with Gasteiger partial charge in [-0.05, 0) is 37.2 Å². The number of benzene rings is 1.